The van der Waals surface area contributed by atoms with Crippen LogP contribution in [0.15, 0.2) is 18.2 Å². The Hall–Kier alpha value is -2.15. The summed E-state index contributed by atoms with van der Waals surface area (Å²) < 4.78 is 5.08. The summed E-state index contributed by atoms with van der Waals surface area (Å²) in [6, 6.07) is 4.45. The number of ether oxygens (including phenoxy) is 1. The molecule has 1 aliphatic carbocycles. The summed E-state index contributed by atoms with van der Waals surface area (Å²) in [7, 11) is 5.44. The number of hydrogen-bond acceptors (Lipinski definition) is 5. The van der Waals surface area contributed by atoms with Crippen molar-refractivity contribution in [2.45, 2.75) is 37.8 Å². The van der Waals surface area contributed by atoms with Crippen LogP contribution in [0.3, 0.4) is 0 Å². The van der Waals surface area contributed by atoms with Crippen molar-refractivity contribution in [1.82, 2.24) is 10.2 Å². The van der Waals surface area contributed by atoms with E-state index in [4.69, 9.17) is 4.74 Å². The SMILES string of the molecule is COc1ccc([N+](=O)[O-])c(C(=O)NC2CCCCC2N(C)C)c1. The molecule has 0 saturated heterocycles. The maximum absolute atomic E-state index is 12.6. The third-order valence-electron chi connectivity index (χ3n) is 4.35. The van der Waals surface area contributed by atoms with Crippen LogP contribution >= 0.6 is 0 Å². The van der Waals surface area contributed by atoms with Crippen LogP contribution in [0.1, 0.15) is 36.0 Å². The van der Waals surface area contributed by atoms with Crippen molar-refractivity contribution in [3.8, 4) is 5.75 Å². The molecule has 126 valence electrons. The molecule has 2 unspecified atom stereocenters. The molecule has 0 aromatic heterocycles. The van der Waals surface area contributed by atoms with Gasteiger partial charge < -0.3 is 15.0 Å². The molecule has 2 rings (SSSR count). The van der Waals surface area contributed by atoms with Crippen LogP contribution in [0, 0.1) is 10.1 Å². The number of hydrogen-bond donors (Lipinski definition) is 1. The molecule has 0 radical (unpaired) electrons. The number of benzene rings is 1. The van der Waals surface area contributed by atoms with E-state index in [1.165, 1.54) is 25.3 Å². The molecule has 1 aliphatic rings. The quantitative estimate of drug-likeness (QED) is 0.664. The van der Waals surface area contributed by atoms with Crippen LogP contribution < -0.4 is 10.1 Å². The van der Waals surface area contributed by atoms with E-state index in [2.05, 4.69) is 10.2 Å². The number of nitro benzene ring substituents is 1. The molecule has 1 N–H and O–H groups in total. The zero-order chi connectivity index (χ0) is 17.0. The van der Waals surface area contributed by atoms with Crippen molar-refractivity contribution in [2.75, 3.05) is 21.2 Å². The van der Waals surface area contributed by atoms with Gasteiger partial charge in [0.05, 0.1) is 12.0 Å². The predicted molar refractivity (Wildman–Crippen MR) is 86.8 cm³/mol. The molecular formula is C16H23N3O4. The Morgan fingerprint density at radius 3 is 2.65 bits per heavy atom. The average molecular weight is 321 g/mol. The first-order valence-corrected chi connectivity index (χ1v) is 7.73. The van der Waals surface area contributed by atoms with Crippen LogP contribution in [0.2, 0.25) is 0 Å². The number of carbonyl (C=O) groups is 1. The molecule has 0 spiro atoms. The number of nitrogens with zero attached hydrogens (tertiary/aromatic N) is 2. The highest BCUT2D eigenvalue weighted by Crippen LogP contribution is 2.26. The Morgan fingerprint density at radius 1 is 1.35 bits per heavy atom. The Morgan fingerprint density at radius 2 is 2.04 bits per heavy atom. The van der Waals surface area contributed by atoms with Gasteiger partial charge in [0, 0.05) is 18.2 Å². The fourth-order valence-corrected chi connectivity index (χ4v) is 3.13. The largest absolute Gasteiger partial charge is 0.497 e. The van der Waals surface area contributed by atoms with Gasteiger partial charge in [-0.3, -0.25) is 14.9 Å². The van der Waals surface area contributed by atoms with Crippen molar-refractivity contribution in [3.05, 3.63) is 33.9 Å². The molecule has 1 amide bonds. The highest BCUT2D eigenvalue weighted by Gasteiger charge is 2.30. The predicted octanol–water partition coefficient (Wildman–Crippen LogP) is 2.21. The minimum absolute atomic E-state index is 0.00273. The second-order valence-electron chi connectivity index (χ2n) is 6.04. The van der Waals surface area contributed by atoms with Crippen LogP contribution in [0.5, 0.6) is 5.75 Å². The summed E-state index contributed by atoms with van der Waals surface area (Å²) in [4.78, 5) is 25.3. The number of nitro groups is 1. The molecule has 23 heavy (non-hydrogen) atoms. The lowest BCUT2D eigenvalue weighted by atomic mass is 9.89. The van der Waals surface area contributed by atoms with Gasteiger partial charge in [0.1, 0.15) is 11.3 Å². The summed E-state index contributed by atoms with van der Waals surface area (Å²) in [5.41, 5.74) is -0.169. The topological polar surface area (TPSA) is 84.7 Å². The Kier molecular flexibility index (Phi) is 5.54. The standard InChI is InChI=1S/C16H23N3O4/c1-18(2)15-7-5-4-6-13(15)17-16(20)12-10-11(23-3)8-9-14(12)19(21)22/h8-10,13,15H,4-7H2,1-3H3,(H,17,20). The maximum Gasteiger partial charge on any atom is 0.282 e. The van der Waals surface area contributed by atoms with Gasteiger partial charge in [-0.2, -0.15) is 0 Å². The third-order valence-corrected chi connectivity index (χ3v) is 4.35. The normalized spacial score (nSPS) is 21.0. The fourth-order valence-electron chi connectivity index (χ4n) is 3.13. The van der Waals surface area contributed by atoms with Gasteiger partial charge in [-0.15, -0.1) is 0 Å². The molecule has 7 heteroatoms. The summed E-state index contributed by atoms with van der Waals surface area (Å²) >= 11 is 0. The number of likely N-dealkylation sites (N-methyl/N-ethyl adjacent to an activating group) is 1. The molecule has 1 aromatic carbocycles. The first-order valence-electron chi connectivity index (χ1n) is 7.73. The van der Waals surface area contributed by atoms with Gasteiger partial charge in [0.25, 0.3) is 11.6 Å². The molecule has 1 fully saturated rings. The number of rotatable bonds is 5. The maximum atomic E-state index is 12.6. The van der Waals surface area contributed by atoms with Crippen LogP contribution in [0.4, 0.5) is 5.69 Å². The van der Waals surface area contributed by atoms with Gasteiger partial charge in [0.15, 0.2) is 0 Å². The monoisotopic (exact) mass is 321 g/mol. The number of carbonyl (C=O) groups excluding carboxylic acids is 1. The van der Waals surface area contributed by atoms with E-state index < -0.39 is 10.8 Å². The van der Waals surface area contributed by atoms with Crippen molar-refractivity contribution in [3.63, 3.8) is 0 Å². The van der Waals surface area contributed by atoms with Gasteiger partial charge in [0.2, 0.25) is 0 Å². The van der Waals surface area contributed by atoms with Crippen LogP contribution in [-0.4, -0.2) is 49.0 Å². The lowest BCUT2D eigenvalue weighted by Gasteiger charge is -2.36. The number of amides is 1. The molecular weight excluding hydrogens is 298 g/mol. The molecule has 7 nitrogen and oxygen atoms in total. The van der Waals surface area contributed by atoms with E-state index in [0.717, 1.165) is 25.7 Å². The highest BCUT2D eigenvalue weighted by molar-refractivity contribution is 5.98. The van der Waals surface area contributed by atoms with E-state index in [0.29, 0.717) is 5.75 Å². The number of nitrogens with one attached hydrogen (secondary N) is 1. The average Bonchev–Trinajstić information content (AvgIpc) is 2.54. The minimum atomic E-state index is -0.543. The first-order chi connectivity index (χ1) is 10.9. The fraction of sp³-hybridized carbons (Fsp3) is 0.562. The highest BCUT2D eigenvalue weighted by atomic mass is 16.6. The zero-order valence-corrected chi connectivity index (χ0v) is 13.7. The molecule has 1 saturated carbocycles. The van der Waals surface area contributed by atoms with E-state index in [1.54, 1.807) is 0 Å². The van der Waals surface area contributed by atoms with E-state index in [1.807, 2.05) is 14.1 Å². The minimum Gasteiger partial charge on any atom is -0.497 e. The van der Waals surface area contributed by atoms with Gasteiger partial charge >= 0.3 is 0 Å². The molecule has 0 bridgehead atoms. The Bertz CT molecular complexity index is 589. The summed E-state index contributed by atoms with van der Waals surface area (Å²) in [6.07, 6.45) is 4.08. The van der Waals surface area contributed by atoms with Gasteiger partial charge in [-0.05, 0) is 39.1 Å². The van der Waals surface area contributed by atoms with E-state index in [-0.39, 0.29) is 23.3 Å². The smallest absolute Gasteiger partial charge is 0.282 e. The van der Waals surface area contributed by atoms with Crippen molar-refractivity contribution < 1.29 is 14.5 Å². The lowest BCUT2D eigenvalue weighted by molar-refractivity contribution is -0.385. The molecule has 0 heterocycles. The molecule has 2 atom stereocenters. The summed E-state index contributed by atoms with van der Waals surface area (Å²) in [5.74, 6) is 0.00269. The first kappa shape index (κ1) is 17.2. The van der Waals surface area contributed by atoms with E-state index in [9.17, 15) is 14.9 Å². The second-order valence-corrected chi connectivity index (χ2v) is 6.04. The third kappa shape index (κ3) is 3.98. The second kappa shape index (κ2) is 7.41. The zero-order valence-electron chi connectivity index (χ0n) is 13.7. The lowest BCUT2D eigenvalue weighted by Crippen LogP contribution is -2.51. The van der Waals surface area contributed by atoms with Crippen LogP contribution in [0.25, 0.3) is 0 Å². The van der Waals surface area contributed by atoms with Crippen LogP contribution in [-0.2, 0) is 0 Å². The summed E-state index contributed by atoms with van der Waals surface area (Å²) in [5, 5.41) is 14.1. The molecule has 1 aromatic rings. The van der Waals surface area contributed by atoms with Crippen molar-refractivity contribution in [2.24, 2.45) is 0 Å². The van der Waals surface area contributed by atoms with Crippen molar-refractivity contribution >= 4 is 11.6 Å². The number of methoxy groups -OCH3 is 1. The van der Waals surface area contributed by atoms with Crippen molar-refractivity contribution in [1.29, 1.82) is 0 Å². The summed E-state index contributed by atoms with van der Waals surface area (Å²) in [6.45, 7) is 0. The Balaban J connectivity index is 2.23. The van der Waals surface area contributed by atoms with E-state index >= 15 is 0 Å². The Labute approximate surface area is 135 Å². The molecule has 0 aliphatic heterocycles. The van der Waals surface area contributed by atoms with Gasteiger partial charge in [-0.25, -0.2) is 0 Å². The van der Waals surface area contributed by atoms with Gasteiger partial charge in [-0.1, -0.05) is 12.8 Å².